The fraction of sp³-hybridized carbons (Fsp3) is 0.174. The minimum absolute atomic E-state index is 0.0392. The van der Waals surface area contributed by atoms with E-state index < -0.39 is 22.5 Å². The van der Waals surface area contributed by atoms with Gasteiger partial charge in [0.2, 0.25) is 0 Å². The minimum Gasteiger partial charge on any atom is -0.483 e. The number of hydrogen-bond acceptors (Lipinski definition) is 4. The first-order chi connectivity index (χ1) is 14.6. The molecular formula is C23H21BrClNO4S. The van der Waals surface area contributed by atoms with E-state index in [0.29, 0.717) is 20.8 Å². The summed E-state index contributed by atoms with van der Waals surface area (Å²) in [6, 6.07) is 16.4. The van der Waals surface area contributed by atoms with E-state index in [1.807, 2.05) is 32.0 Å². The lowest BCUT2D eigenvalue weighted by Crippen LogP contribution is -2.40. The largest absolute Gasteiger partial charge is 0.483 e. The van der Waals surface area contributed by atoms with Crippen molar-refractivity contribution in [3.63, 3.8) is 0 Å². The Morgan fingerprint density at radius 2 is 1.58 bits per heavy atom. The maximum Gasteiger partial charge on any atom is 0.278 e. The van der Waals surface area contributed by atoms with Gasteiger partial charge in [0.15, 0.2) is 6.61 Å². The molecule has 0 N–H and O–H groups in total. The number of halogens is 2. The van der Waals surface area contributed by atoms with Gasteiger partial charge in [0.1, 0.15) is 5.75 Å². The number of aryl methyl sites for hydroxylation is 3. The summed E-state index contributed by atoms with van der Waals surface area (Å²) in [5.41, 5.74) is 2.78. The predicted octanol–water partition coefficient (Wildman–Crippen LogP) is 5.83. The quantitative estimate of drug-likeness (QED) is 0.409. The van der Waals surface area contributed by atoms with Crippen LogP contribution in [0.4, 0.5) is 5.69 Å². The number of carbonyl (C=O) groups is 1. The topological polar surface area (TPSA) is 63.7 Å². The Morgan fingerprint density at radius 3 is 2.23 bits per heavy atom. The van der Waals surface area contributed by atoms with Crippen molar-refractivity contribution in [2.75, 3.05) is 10.9 Å². The third kappa shape index (κ3) is 5.29. The molecule has 162 valence electrons. The third-order valence-corrected chi connectivity index (χ3v) is 7.22. The number of ether oxygens (including phenoxy) is 1. The molecule has 5 nitrogen and oxygen atoms in total. The molecule has 1 amide bonds. The van der Waals surface area contributed by atoms with Crippen LogP contribution >= 0.6 is 27.5 Å². The highest BCUT2D eigenvalue weighted by Gasteiger charge is 2.32. The zero-order valence-electron chi connectivity index (χ0n) is 17.2. The summed E-state index contributed by atoms with van der Waals surface area (Å²) in [5, 5.41) is 0.399. The second kappa shape index (κ2) is 9.42. The molecule has 0 aromatic heterocycles. The fourth-order valence-corrected chi connectivity index (χ4v) is 5.17. The van der Waals surface area contributed by atoms with E-state index in [4.69, 9.17) is 16.3 Å². The molecule has 3 aromatic rings. The van der Waals surface area contributed by atoms with Crippen LogP contribution < -0.4 is 9.04 Å². The molecule has 0 fully saturated rings. The highest BCUT2D eigenvalue weighted by atomic mass is 79.9. The summed E-state index contributed by atoms with van der Waals surface area (Å²) < 4.78 is 34.1. The first-order valence-electron chi connectivity index (χ1n) is 9.39. The van der Waals surface area contributed by atoms with Crippen LogP contribution in [0.25, 0.3) is 0 Å². The summed E-state index contributed by atoms with van der Waals surface area (Å²) in [5.74, 6) is -0.264. The van der Waals surface area contributed by atoms with E-state index in [0.717, 1.165) is 15.4 Å². The van der Waals surface area contributed by atoms with Gasteiger partial charge in [-0.25, -0.2) is 8.42 Å². The molecule has 0 unspecified atom stereocenters. The number of hydrogen-bond donors (Lipinski definition) is 0. The van der Waals surface area contributed by atoms with Crippen LogP contribution in [-0.2, 0) is 14.8 Å². The predicted molar refractivity (Wildman–Crippen MR) is 126 cm³/mol. The average molecular weight is 523 g/mol. The molecule has 0 radical (unpaired) electrons. The van der Waals surface area contributed by atoms with E-state index in [1.54, 1.807) is 25.1 Å². The van der Waals surface area contributed by atoms with Gasteiger partial charge in [0.05, 0.1) is 15.1 Å². The Balaban J connectivity index is 2.02. The van der Waals surface area contributed by atoms with Gasteiger partial charge < -0.3 is 4.74 Å². The van der Waals surface area contributed by atoms with Crippen LogP contribution in [-0.4, -0.2) is 20.9 Å². The van der Waals surface area contributed by atoms with Gasteiger partial charge >= 0.3 is 0 Å². The van der Waals surface area contributed by atoms with Crippen LogP contribution in [0.15, 0.2) is 70.0 Å². The maximum atomic E-state index is 13.5. The maximum absolute atomic E-state index is 13.5. The van der Waals surface area contributed by atoms with E-state index in [2.05, 4.69) is 15.9 Å². The second-order valence-corrected chi connectivity index (χ2v) is 10.2. The van der Waals surface area contributed by atoms with Gasteiger partial charge in [-0.3, -0.25) is 4.79 Å². The molecule has 3 rings (SSSR count). The van der Waals surface area contributed by atoms with E-state index in [1.165, 1.54) is 24.3 Å². The molecule has 0 aliphatic heterocycles. The summed E-state index contributed by atoms with van der Waals surface area (Å²) in [6.45, 7) is 5.06. The molecule has 0 saturated heterocycles. The van der Waals surface area contributed by atoms with Crippen molar-refractivity contribution in [3.05, 3.63) is 86.8 Å². The van der Waals surface area contributed by atoms with Gasteiger partial charge in [-0.05, 0) is 95.9 Å². The molecule has 0 heterocycles. The lowest BCUT2D eigenvalue weighted by atomic mass is 10.1. The van der Waals surface area contributed by atoms with Crippen molar-refractivity contribution in [2.45, 2.75) is 25.7 Å². The molecule has 31 heavy (non-hydrogen) atoms. The Morgan fingerprint density at radius 1 is 0.968 bits per heavy atom. The third-order valence-electron chi connectivity index (χ3n) is 4.60. The minimum atomic E-state index is -4.20. The summed E-state index contributed by atoms with van der Waals surface area (Å²) in [7, 11) is -4.20. The molecular weight excluding hydrogens is 502 g/mol. The van der Waals surface area contributed by atoms with Crippen molar-refractivity contribution in [2.24, 2.45) is 0 Å². The summed E-state index contributed by atoms with van der Waals surface area (Å²) >= 11 is 9.31. The molecule has 0 saturated carbocycles. The monoisotopic (exact) mass is 521 g/mol. The number of sulfonamides is 1. The Bertz CT molecular complexity index is 1230. The summed E-state index contributed by atoms with van der Waals surface area (Å²) in [4.78, 5) is 13.2. The first-order valence-corrected chi connectivity index (χ1v) is 12.0. The average Bonchev–Trinajstić information content (AvgIpc) is 2.70. The molecule has 0 atom stereocenters. The van der Waals surface area contributed by atoms with Crippen molar-refractivity contribution < 1.29 is 17.9 Å². The molecule has 3 aromatic carbocycles. The number of anilines is 1. The SMILES string of the molecule is Cc1ccc(OCC(=O)N(c2cc(C)ccc2C)S(=O)(=O)c2ccc(Cl)cc2)c(Br)c1. The fourth-order valence-electron chi connectivity index (χ4n) is 2.97. The van der Waals surface area contributed by atoms with Crippen LogP contribution in [0.2, 0.25) is 5.02 Å². The smallest absolute Gasteiger partial charge is 0.278 e. The number of carbonyl (C=O) groups excluding carboxylic acids is 1. The van der Waals surface area contributed by atoms with Gasteiger partial charge in [0.25, 0.3) is 15.9 Å². The molecule has 0 spiro atoms. The zero-order chi connectivity index (χ0) is 22.8. The molecule has 0 aliphatic carbocycles. The Labute approximate surface area is 195 Å². The number of amides is 1. The molecule has 0 bridgehead atoms. The normalized spacial score (nSPS) is 11.3. The highest BCUT2D eigenvalue weighted by Crippen LogP contribution is 2.30. The van der Waals surface area contributed by atoms with Gasteiger partial charge in [-0.2, -0.15) is 4.31 Å². The van der Waals surface area contributed by atoms with Gasteiger partial charge in [0, 0.05) is 5.02 Å². The zero-order valence-corrected chi connectivity index (χ0v) is 20.4. The van der Waals surface area contributed by atoms with E-state index in [-0.39, 0.29) is 10.6 Å². The van der Waals surface area contributed by atoms with E-state index in [9.17, 15) is 13.2 Å². The lowest BCUT2D eigenvalue weighted by molar-refractivity contribution is -0.119. The van der Waals surface area contributed by atoms with Crippen molar-refractivity contribution in [1.82, 2.24) is 0 Å². The van der Waals surface area contributed by atoms with Crippen molar-refractivity contribution in [3.8, 4) is 5.75 Å². The molecule has 0 aliphatic rings. The van der Waals surface area contributed by atoms with Crippen LogP contribution in [0.1, 0.15) is 16.7 Å². The van der Waals surface area contributed by atoms with Crippen LogP contribution in [0.5, 0.6) is 5.75 Å². The highest BCUT2D eigenvalue weighted by molar-refractivity contribution is 9.10. The Kier molecular flexibility index (Phi) is 7.09. The van der Waals surface area contributed by atoms with Gasteiger partial charge in [-0.15, -0.1) is 0 Å². The Hall–Kier alpha value is -2.35. The summed E-state index contributed by atoms with van der Waals surface area (Å²) in [6.07, 6.45) is 0. The number of rotatable bonds is 6. The first kappa shape index (κ1) is 23.3. The van der Waals surface area contributed by atoms with Crippen LogP contribution in [0.3, 0.4) is 0 Å². The number of nitrogens with zero attached hydrogens (tertiary/aromatic N) is 1. The van der Waals surface area contributed by atoms with E-state index >= 15 is 0 Å². The van der Waals surface area contributed by atoms with Gasteiger partial charge in [-0.1, -0.05) is 29.8 Å². The van der Waals surface area contributed by atoms with Crippen LogP contribution in [0, 0.1) is 20.8 Å². The number of benzene rings is 3. The second-order valence-electron chi connectivity index (χ2n) is 7.13. The van der Waals surface area contributed by atoms with Crippen molar-refractivity contribution >= 4 is 49.1 Å². The lowest BCUT2D eigenvalue weighted by Gasteiger charge is -2.25. The standard InChI is InChI=1S/C23H21BrClNO4S/c1-15-5-11-22(20(24)12-15)30-14-23(27)26(21-13-16(2)4-6-17(21)3)31(28,29)19-9-7-18(25)8-10-19/h4-13H,14H2,1-3H3. The van der Waals surface area contributed by atoms with Crippen molar-refractivity contribution in [1.29, 1.82) is 0 Å². The molecule has 8 heteroatoms.